The van der Waals surface area contributed by atoms with Gasteiger partial charge in [-0.3, -0.25) is 4.79 Å². The number of carbonyl (C=O) groups is 1. The van der Waals surface area contributed by atoms with Crippen molar-refractivity contribution in [2.24, 2.45) is 18.7 Å². The number of likely N-dealkylation sites (tertiary alicyclic amines) is 1. The third-order valence-electron chi connectivity index (χ3n) is 7.17. The number of rotatable bonds is 6. The van der Waals surface area contributed by atoms with Gasteiger partial charge in [-0.05, 0) is 61.9 Å². The van der Waals surface area contributed by atoms with E-state index in [1.54, 1.807) is 6.07 Å². The van der Waals surface area contributed by atoms with E-state index in [-0.39, 0.29) is 17.8 Å². The first-order chi connectivity index (χ1) is 17.4. The molecule has 10 heteroatoms. The molecule has 0 unspecified atom stereocenters. The lowest BCUT2D eigenvalue weighted by Crippen LogP contribution is -2.45. The van der Waals surface area contributed by atoms with Gasteiger partial charge in [-0.1, -0.05) is 0 Å². The average Bonchev–Trinajstić information content (AvgIpc) is 3.53. The van der Waals surface area contributed by atoms with Crippen LogP contribution in [0.25, 0.3) is 33.6 Å². The zero-order valence-corrected chi connectivity index (χ0v) is 20.0. The molecule has 1 aliphatic heterocycles. The summed E-state index contributed by atoms with van der Waals surface area (Å²) >= 11 is 0. The molecule has 188 valence electrons. The first-order valence-electron chi connectivity index (χ1n) is 12.3. The second-order valence-corrected chi connectivity index (χ2v) is 9.88. The number of piperidine rings is 1. The van der Waals surface area contributed by atoms with Crippen LogP contribution in [-0.2, 0) is 13.6 Å². The highest BCUT2D eigenvalue weighted by molar-refractivity contribution is 5.98. The topological polar surface area (TPSA) is 91.2 Å². The lowest BCUT2D eigenvalue weighted by atomic mass is 10.1. The molecule has 1 aromatic carbocycles. The lowest BCUT2D eigenvalue weighted by Gasteiger charge is -2.30. The summed E-state index contributed by atoms with van der Waals surface area (Å²) in [5, 5.41) is 0.830. The molecular formula is C26H28F2N6O2. The predicted molar refractivity (Wildman–Crippen MR) is 132 cm³/mol. The van der Waals surface area contributed by atoms with Gasteiger partial charge >= 0.3 is 6.61 Å². The number of fused-ring (bicyclic) bond motifs is 2. The Hall–Kier alpha value is -3.53. The van der Waals surface area contributed by atoms with Crippen molar-refractivity contribution in [3.05, 3.63) is 42.0 Å². The fraction of sp³-hybridized carbons (Fsp3) is 0.423. The quantitative estimate of drug-likeness (QED) is 0.435. The fourth-order valence-corrected chi connectivity index (χ4v) is 5.13. The van der Waals surface area contributed by atoms with Crippen LogP contribution in [0.1, 0.15) is 36.0 Å². The molecule has 2 fully saturated rings. The number of carbonyl (C=O) groups excluding carboxylic acids is 1. The number of benzene rings is 1. The van der Waals surface area contributed by atoms with Crippen LogP contribution in [0.2, 0.25) is 0 Å². The summed E-state index contributed by atoms with van der Waals surface area (Å²) in [5.74, 6) is 1.11. The molecule has 1 amide bonds. The van der Waals surface area contributed by atoms with Crippen molar-refractivity contribution in [3.63, 3.8) is 0 Å². The van der Waals surface area contributed by atoms with Gasteiger partial charge in [-0.15, -0.1) is 0 Å². The number of nitrogens with two attached hydrogens (primary N) is 1. The molecular weight excluding hydrogens is 466 g/mol. The molecule has 1 saturated heterocycles. The Bertz CT molecular complexity index is 1460. The monoisotopic (exact) mass is 494 g/mol. The zero-order chi connectivity index (χ0) is 25.0. The average molecular weight is 495 g/mol. The largest absolute Gasteiger partial charge is 0.417 e. The molecule has 1 aliphatic carbocycles. The number of aryl methyl sites for hydroxylation is 1. The van der Waals surface area contributed by atoms with E-state index in [9.17, 15) is 13.6 Å². The van der Waals surface area contributed by atoms with Crippen molar-refractivity contribution in [1.82, 2.24) is 24.0 Å². The van der Waals surface area contributed by atoms with Gasteiger partial charge in [0.1, 0.15) is 5.65 Å². The third kappa shape index (κ3) is 4.19. The molecule has 8 nitrogen and oxygen atoms in total. The number of aromatic nitrogens is 4. The maximum Gasteiger partial charge on any atom is 0.388 e. The van der Waals surface area contributed by atoms with E-state index in [0.717, 1.165) is 60.2 Å². The number of nitrogens with zero attached hydrogens (tertiary/aromatic N) is 5. The Labute approximate surface area is 206 Å². The van der Waals surface area contributed by atoms with Gasteiger partial charge in [0.25, 0.3) is 5.91 Å². The van der Waals surface area contributed by atoms with E-state index in [1.165, 1.54) is 6.07 Å². The van der Waals surface area contributed by atoms with Crippen LogP contribution in [0.5, 0.6) is 5.88 Å². The number of pyridine rings is 1. The van der Waals surface area contributed by atoms with E-state index < -0.39 is 6.61 Å². The van der Waals surface area contributed by atoms with Crippen molar-refractivity contribution in [3.8, 4) is 17.4 Å². The van der Waals surface area contributed by atoms with E-state index in [0.29, 0.717) is 30.2 Å². The van der Waals surface area contributed by atoms with E-state index in [4.69, 9.17) is 10.7 Å². The summed E-state index contributed by atoms with van der Waals surface area (Å²) in [5.41, 5.74) is 9.74. The molecule has 1 atom stereocenters. The number of amides is 1. The maximum atomic E-state index is 13.1. The van der Waals surface area contributed by atoms with Crippen molar-refractivity contribution < 1.29 is 18.3 Å². The number of imidazole rings is 1. The van der Waals surface area contributed by atoms with Gasteiger partial charge in [-0.2, -0.15) is 13.8 Å². The highest BCUT2D eigenvalue weighted by Gasteiger charge is 2.27. The van der Waals surface area contributed by atoms with Crippen LogP contribution in [0.15, 0.2) is 36.4 Å². The first-order valence-corrected chi connectivity index (χ1v) is 12.3. The molecule has 1 saturated carbocycles. The summed E-state index contributed by atoms with van der Waals surface area (Å²) in [7, 11) is 1.94. The summed E-state index contributed by atoms with van der Waals surface area (Å²) in [6.07, 6.45) is 4.10. The Balaban J connectivity index is 1.41. The smallest absolute Gasteiger partial charge is 0.388 e. The number of ether oxygens (including phenoxy) is 1. The Morgan fingerprint density at radius 1 is 1.17 bits per heavy atom. The van der Waals surface area contributed by atoms with Crippen LogP contribution >= 0.6 is 0 Å². The minimum atomic E-state index is -2.93. The number of hydrogen-bond donors (Lipinski definition) is 1. The van der Waals surface area contributed by atoms with Crippen molar-refractivity contribution in [2.45, 2.75) is 44.9 Å². The second kappa shape index (κ2) is 8.85. The first kappa shape index (κ1) is 22.9. The van der Waals surface area contributed by atoms with Crippen LogP contribution in [-0.4, -0.2) is 55.7 Å². The van der Waals surface area contributed by atoms with E-state index in [2.05, 4.69) is 9.72 Å². The van der Waals surface area contributed by atoms with Gasteiger partial charge in [0.15, 0.2) is 5.82 Å². The van der Waals surface area contributed by atoms with Gasteiger partial charge < -0.3 is 24.5 Å². The standard InChI is InChI=1S/C26H28F2N6O2/c1-32-20-8-6-17(25(35)33-10-2-3-18(29)14-33)11-19(20)30-24(32)21-12-16-7-9-22(36-26(27)28)31-23(16)34(21)13-15-4-5-15/h6-9,11-12,15,18,26H,2-5,10,13-14,29H2,1H3/t18-/m1/s1. The van der Waals surface area contributed by atoms with Crippen LogP contribution in [0.3, 0.4) is 0 Å². The number of halogens is 2. The fourth-order valence-electron chi connectivity index (χ4n) is 5.13. The molecule has 2 aliphatic rings. The Morgan fingerprint density at radius 2 is 2.00 bits per heavy atom. The van der Waals surface area contributed by atoms with Crippen molar-refractivity contribution >= 4 is 28.0 Å². The molecule has 0 bridgehead atoms. The van der Waals surface area contributed by atoms with Gasteiger partial charge in [0, 0.05) is 49.7 Å². The molecule has 4 aromatic rings. The molecule has 36 heavy (non-hydrogen) atoms. The summed E-state index contributed by atoms with van der Waals surface area (Å²) in [4.78, 5) is 24.2. The molecule has 6 rings (SSSR count). The molecule has 0 radical (unpaired) electrons. The van der Waals surface area contributed by atoms with Crippen molar-refractivity contribution in [2.75, 3.05) is 13.1 Å². The SMILES string of the molecule is Cn1c(-c2cc3ccc(OC(F)F)nc3n2CC2CC2)nc2cc(C(=O)N3CCC[C@@H](N)C3)ccc21. The van der Waals surface area contributed by atoms with Gasteiger partial charge in [0.05, 0.1) is 16.7 Å². The van der Waals surface area contributed by atoms with Crippen LogP contribution < -0.4 is 10.5 Å². The third-order valence-corrected chi connectivity index (χ3v) is 7.17. The number of alkyl halides is 2. The zero-order valence-electron chi connectivity index (χ0n) is 20.0. The van der Waals surface area contributed by atoms with Gasteiger partial charge in [0.2, 0.25) is 5.88 Å². The normalized spacial score (nSPS) is 18.5. The predicted octanol–water partition coefficient (Wildman–Crippen LogP) is 4.16. The highest BCUT2D eigenvalue weighted by Crippen LogP contribution is 2.36. The Kier molecular flexibility index (Phi) is 5.63. The molecule has 3 aromatic heterocycles. The summed E-state index contributed by atoms with van der Waals surface area (Å²) < 4.78 is 34.2. The van der Waals surface area contributed by atoms with Crippen LogP contribution in [0, 0.1) is 5.92 Å². The number of hydrogen-bond acceptors (Lipinski definition) is 5. The lowest BCUT2D eigenvalue weighted by molar-refractivity contribution is -0.0526. The summed E-state index contributed by atoms with van der Waals surface area (Å²) in [6, 6.07) is 10.8. The molecule has 4 heterocycles. The summed E-state index contributed by atoms with van der Waals surface area (Å²) in [6.45, 7) is -0.926. The minimum Gasteiger partial charge on any atom is -0.417 e. The highest BCUT2D eigenvalue weighted by atomic mass is 19.3. The Morgan fingerprint density at radius 3 is 2.75 bits per heavy atom. The van der Waals surface area contributed by atoms with Gasteiger partial charge in [-0.25, -0.2) is 4.98 Å². The van der Waals surface area contributed by atoms with Crippen molar-refractivity contribution in [1.29, 1.82) is 0 Å². The van der Waals surface area contributed by atoms with Crippen LogP contribution in [0.4, 0.5) is 8.78 Å². The van der Waals surface area contributed by atoms with E-state index >= 15 is 0 Å². The van der Waals surface area contributed by atoms with E-state index in [1.807, 2.05) is 45.3 Å². The minimum absolute atomic E-state index is 0.0153. The molecule has 2 N–H and O–H groups in total. The maximum absolute atomic E-state index is 13.1. The molecule has 0 spiro atoms. The second-order valence-electron chi connectivity index (χ2n) is 9.88.